The largest absolute Gasteiger partial charge is 0.397 e. The molecule has 1 saturated carbocycles. The summed E-state index contributed by atoms with van der Waals surface area (Å²) in [7, 11) is 0. The van der Waals surface area contributed by atoms with Gasteiger partial charge in [-0.3, -0.25) is 9.78 Å². The predicted molar refractivity (Wildman–Crippen MR) is 83.9 cm³/mol. The average Bonchev–Trinajstić information content (AvgIpc) is 3.35. The molecule has 0 bridgehead atoms. The third-order valence-corrected chi connectivity index (χ3v) is 4.02. The van der Waals surface area contributed by atoms with Crippen molar-refractivity contribution in [1.82, 2.24) is 10.3 Å². The molecule has 5 heteroatoms. The summed E-state index contributed by atoms with van der Waals surface area (Å²) in [6.07, 6.45) is 2.37. The number of carbonyl (C=O) groups is 1. The van der Waals surface area contributed by atoms with Gasteiger partial charge in [0.2, 0.25) is 5.91 Å². The minimum Gasteiger partial charge on any atom is -0.397 e. The molecule has 3 rings (SSSR count). The van der Waals surface area contributed by atoms with Crippen LogP contribution in [0.15, 0.2) is 48.7 Å². The van der Waals surface area contributed by atoms with Crippen LogP contribution in [-0.2, 0) is 4.79 Å². The zero-order valence-corrected chi connectivity index (χ0v) is 12.1. The van der Waals surface area contributed by atoms with Crippen LogP contribution in [0.5, 0.6) is 0 Å². The fraction of sp³-hybridized carbons (Fsp3) is 0.294. The van der Waals surface area contributed by atoms with Gasteiger partial charge < -0.3 is 16.2 Å². The molecular formula is C17H19N3O2. The van der Waals surface area contributed by atoms with Crippen molar-refractivity contribution in [3.63, 3.8) is 0 Å². The minimum atomic E-state index is -0.495. The molecule has 1 amide bonds. The highest BCUT2D eigenvalue weighted by Crippen LogP contribution is 2.47. The van der Waals surface area contributed by atoms with Crippen molar-refractivity contribution in [3.8, 4) is 0 Å². The number of nitrogens with zero attached hydrogens (tertiary/aromatic N) is 1. The molecule has 0 saturated heterocycles. The summed E-state index contributed by atoms with van der Waals surface area (Å²) in [5.41, 5.74) is 7.95. The number of aromatic nitrogens is 1. The summed E-state index contributed by atoms with van der Waals surface area (Å²) in [4.78, 5) is 16.5. The molecule has 1 fully saturated rings. The van der Waals surface area contributed by atoms with Gasteiger partial charge in [0.25, 0.3) is 0 Å². The highest BCUT2D eigenvalue weighted by atomic mass is 16.3. The van der Waals surface area contributed by atoms with E-state index in [-0.39, 0.29) is 24.3 Å². The number of benzene rings is 1. The van der Waals surface area contributed by atoms with Crippen molar-refractivity contribution >= 4 is 11.6 Å². The van der Waals surface area contributed by atoms with Crippen LogP contribution in [0.3, 0.4) is 0 Å². The van der Waals surface area contributed by atoms with Gasteiger partial charge in [0, 0.05) is 5.92 Å². The Kier molecular flexibility index (Phi) is 4.06. The third-order valence-electron chi connectivity index (χ3n) is 4.02. The van der Waals surface area contributed by atoms with Crippen LogP contribution in [0, 0.1) is 5.92 Å². The molecule has 2 aromatic rings. The number of carbonyl (C=O) groups excluding carboxylic acids is 1. The van der Waals surface area contributed by atoms with Gasteiger partial charge in [-0.2, -0.15) is 0 Å². The van der Waals surface area contributed by atoms with E-state index in [1.165, 1.54) is 11.8 Å². The molecule has 1 aromatic carbocycles. The third kappa shape index (κ3) is 3.09. The number of anilines is 1. The lowest BCUT2D eigenvalue weighted by atomic mass is 10.1. The van der Waals surface area contributed by atoms with Gasteiger partial charge in [-0.15, -0.1) is 0 Å². The maximum atomic E-state index is 12.3. The van der Waals surface area contributed by atoms with E-state index in [0.717, 1.165) is 6.42 Å². The van der Waals surface area contributed by atoms with Gasteiger partial charge in [0.15, 0.2) is 0 Å². The lowest BCUT2D eigenvalue weighted by molar-refractivity contribution is -0.123. The molecule has 5 nitrogen and oxygen atoms in total. The predicted octanol–water partition coefficient (Wildman–Crippen LogP) is 1.62. The minimum absolute atomic E-state index is 0.0229. The second kappa shape index (κ2) is 6.15. The van der Waals surface area contributed by atoms with Crippen LogP contribution in [0.2, 0.25) is 0 Å². The van der Waals surface area contributed by atoms with Gasteiger partial charge in [0.1, 0.15) is 0 Å². The summed E-state index contributed by atoms with van der Waals surface area (Å²) in [6, 6.07) is 13.0. The Morgan fingerprint density at radius 1 is 1.32 bits per heavy atom. The lowest BCUT2D eigenvalue weighted by Gasteiger charge is -2.16. The lowest BCUT2D eigenvalue weighted by Crippen LogP contribution is -2.32. The zero-order valence-electron chi connectivity index (χ0n) is 12.1. The second-order valence-electron chi connectivity index (χ2n) is 5.62. The number of aliphatic hydroxyl groups excluding tert-OH is 1. The Morgan fingerprint density at radius 2 is 2.09 bits per heavy atom. The number of pyridine rings is 1. The molecular weight excluding hydrogens is 278 g/mol. The molecule has 0 spiro atoms. The monoisotopic (exact) mass is 297 g/mol. The van der Waals surface area contributed by atoms with Gasteiger partial charge in [-0.1, -0.05) is 30.3 Å². The van der Waals surface area contributed by atoms with Gasteiger partial charge in [-0.05, 0) is 30.0 Å². The summed E-state index contributed by atoms with van der Waals surface area (Å²) < 4.78 is 0. The first-order chi connectivity index (χ1) is 10.7. The number of aliphatic hydroxyl groups is 1. The number of nitrogens with two attached hydrogens (primary N) is 1. The maximum absolute atomic E-state index is 12.3. The van der Waals surface area contributed by atoms with Gasteiger partial charge in [-0.25, -0.2) is 0 Å². The molecule has 114 valence electrons. The fourth-order valence-corrected chi connectivity index (χ4v) is 2.67. The van der Waals surface area contributed by atoms with E-state index in [9.17, 15) is 9.90 Å². The Balaban J connectivity index is 1.63. The fourth-order valence-electron chi connectivity index (χ4n) is 2.67. The molecule has 0 aliphatic heterocycles. The van der Waals surface area contributed by atoms with Gasteiger partial charge >= 0.3 is 0 Å². The first kappa shape index (κ1) is 14.5. The Labute approximate surface area is 129 Å². The number of nitrogens with one attached hydrogen (secondary N) is 1. The molecule has 0 unspecified atom stereocenters. The van der Waals surface area contributed by atoms with E-state index in [4.69, 9.17) is 5.73 Å². The van der Waals surface area contributed by atoms with Crippen LogP contribution >= 0.6 is 0 Å². The van der Waals surface area contributed by atoms with Crippen molar-refractivity contribution in [1.29, 1.82) is 0 Å². The average molecular weight is 297 g/mol. The second-order valence-corrected chi connectivity index (χ2v) is 5.62. The van der Waals surface area contributed by atoms with Crippen molar-refractivity contribution in [2.45, 2.75) is 18.4 Å². The number of hydrogen-bond donors (Lipinski definition) is 3. The Morgan fingerprint density at radius 3 is 2.73 bits per heavy atom. The number of nitrogen functional groups attached to an aromatic ring is 1. The van der Waals surface area contributed by atoms with E-state index in [0.29, 0.717) is 11.4 Å². The summed E-state index contributed by atoms with van der Waals surface area (Å²) in [5, 5.41) is 12.4. The van der Waals surface area contributed by atoms with Crippen molar-refractivity contribution < 1.29 is 9.90 Å². The van der Waals surface area contributed by atoms with Crippen molar-refractivity contribution in [2.75, 3.05) is 12.3 Å². The van der Waals surface area contributed by atoms with Crippen LogP contribution in [-0.4, -0.2) is 22.6 Å². The van der Waals surface area contributed by atoms with Crippen molar-refractivity contribution in [2.24, 2.45) is 5.92 Å². The van der Waals surface area contributed by atoms with E-state index in [2.05, 4.69) is 10.3 Å². The smallest absolute Gasteiger partial charge is 0.224 e. The summed E-state index contributed by atoms with van der Waals surface area (Å²) in [6.45, 7) is -0.189. The van der Waals surface area contributed by atoms with E-state index >= 15 is 0 Å². The molecule has 22 heavy (non-hydrogen) atoms. The molecule has 1 aliphatic rings. The summed E-state index contributed by atoms with van der Waals surface area (Å²) in [5.74, 6) is 0.219. The Hall–Kier alpha value is -2.40. The summed E-state index contributed by atoms with van der Waals surface area (Å²) >= 11 is 0. The van der Waals surface area contributed by atoms with E-state index in [1.807, 2.05) is 30.3 Å². The van der Waals surface area contributed by atoms with Crippen molar-refractivity contribution in [3.05, 3.63) is 59.9 Å². The van der Waals surface area contributed by atoms with Crippen LogP contribution in [0.25, 0.3) is 0 Å². The zero-order chi connectivity index (χ0) is 15.5. The molecule has 3 atom stereocenters. The SMILES string of the molecule is Nc1ccc([C@H](CO)NC(=O)[C@H]2C[C@@H]2c2ccccc2)nc1. The quantitative estimate of drug-likeness (QED) is 0.782. The highest BCUT2D eigenvalue weighted by molar-refractivity contribution is 5.83. The van der Waals surface area contributed by atoms with Gasteiger partial charge in [0.05, 0.1) is 30.2 Å². The number of amides is 1. The van der Waals surface area contributed by atoms with Crippen LogP contribution in [0.4, 0.5) is 5.69 Å². The maximum Gasteiger partial charge on any atom is 0.224 e. The Bertz CT molecular complexity index is 643. The molecule has 1 aliphatic carbocycles. The number of rotatable bonds is 5. The molecule has 1 aromatic heterocycles. The first-order valence-corrected chi connectivity index (χ1v) is 7.36. The topological polar surface area (TPSA) is 88.2 Å². The van der Waals surface area contributed by atoms with E-state index in [1.54, 1.807) is 12.1 Å². The molecule has 4 N–H and O–H groups in total. The normalized spacial score (nSPS) is 21.1. The molecule has 0 radical (unpaired) electrons. The highest BCUT2D eigenvalue weighted by Gasteiger charge is 2.44. The van der Waals surface area contributed by atoms with E-state index < -0.39 is 6.04 Å². The molecule has 1 heterocycles. The van der Waals surface area contributed by atoms with Crippen LogP contribution < -0.4 is 11.1 Å². The number of hydrogen-bond acceptors (Lipinski definition) is 4. The standard InChI is InChI=1S/C17H19N3O2/c18-12-6-7-15(19-9-12)16(10-21)20-17(22)14-8-13(14)11-4-2-1-3-5-11/h1-7,9,13-14,16,21H,8,10,18H2,(H,20,22)/t13-,14+,16+/m1/s1. The first-order valence-electron chi connectivity index (χ1n) is 7.36. The van der Waals surface area contributed by atoms with Crippen LogP contribution in [0.1, 0.15) is 29.6 Å².